The highest BCUT2D eigenvalue weighted by molar-refractivity contribution is 5.87. The molecule has 4 aliphatic carbocycles. The topological polar surface area (TPSA) is 88.1 Å². The van der Waals surface area contributed by atoms with E-state index < -0.39 is 23.8 Å². The molecule has 0 spiro atoms. The van der Waals surface area contributed by atoms with Crippen LogP contribution in [0.1, 0.15) is 52.4 Å². The molecule has 0 aromatic carbocycles. The number of fused-ring (bicyclic) bond motifs is 5. The van der Waals surface area contributed by atoms with Gasteiger partial charge in [-0.25, -0.2) is 9.59 Å². The Morgan fingerprint density at radius 1 is 1.07 bits per heavy atom. The fourth-order valence-electron chi connectivity index (χ4n) is 6.23. The number of carbonyl (C=O) groups excluding carboxylic acids is 3. The normalized spacial score (nSPS) is 39.5. The lowest BCUT2D eigenvalue weighted by Gasteiger charge is -2.53. The lowest BCUT2D eigenvalue weighted by molar-refractivity contribution is -0.127. The van der Waals surface area contributed by atoms with Crippen LogP contribution >= 0.6 is 0 Å². The van der Waals surface area contributed by atoms with Crippen LogP contribution in [0.4, 0.5) is 9.59 Å². The molecule has 2 fully saturated rings. The molecule has 30 heavy (non-hydrogen) atoms. The van der Waals surface area contributed by atoms with Crippen LogP contribution in [0.15, 0.2) is 23.3 Å². The molecular formula is C23H30O7. The van der Waals surface area contributed by atoms with Crippen LogP contribution in [-0.2, 0) is 23.7 Å². The fourth-order valence-corrected chi connectivity index (χ4v) is 6.23. The van der Waals surface area contributed by atoms with Crippen molar-refractivity contribution in [3.63, 3.8) is 0 Å². The average molecular weight is 418 g/mol. The van der Waals surface area contributed by atoms with Crippen molar-refractivity contribution in [3.8, 4) is 0 Å². The Hall–Kier alpha value is -2.31. The van der Waals surface area contributed by atoms with E-state index in [0.29, 0.717) is 18.6 Å². The number of rotatable bonds is 2. The van der Waals surface area contributed by atoms with E-state index in [0.717, 1.165) is 31.3 Å². The maximum Gasteiger partial charge on any atom is 0.508 e. The van der Waals surface area contributed by atoms with E-state index in [1.54, 1.807) is 0 Å². The van der Waals surface area contributed by atoms with E-state index in [9.17, 15) is 14.4 Å². The first kappa shape index (κ1) is 20.9. The second kappa shape index (κ2) is 7.43. The molecule has 2 saturated carbocycles. The number of ketones is 1. The van der Waals surface area contributed by atoms with Crippen molar-refractivity contribution in [2.45, 2.75) is 64.6 Å². The summed E-state index contributed by atoms with van der Waals surface area (Å²) in [5.74, 6) is 0.397. The van der Waals surface area contributed by atoms with Crippen LogP contribution in [0.3, 0.4) is 0 Å². The van der Waals surface area contributed by atoms with Gasteiger partial charge in [0, 0.05) is 29.6 Å². The highest BCUT2D eigenvalue weighted by Gasteiger charge is 2.58. The Balaban J connectivity index is 1.72. The van der Waals surface area contributed by atoms with Gasteiger partial charge in [-0.15, -0.1) is 0 Å². The number of hydrogen-bond donors (Lipinski definition) is 0. The van der Waals surface area contributed by atoms with Crippen molar-refractivity contribution < 1.29 is 33.3 Å². The largest absolute Gasteiger partial charge is 0.508 e. The summed E-state index contributed by atoms with van der Waals surface area (Å²) >= 11 is 0. The van der Waals surface area contributed by atoms with E-state index in [1.165, 1.54) is 19.8 Å². The van der Waals surface area contributed by atoms with Gasteiger partial charge in [-0.2, -0.15) is 0 Å². The number of allylic oxidation sites excluding steroid dienone is 1. The average Bonchev–Trinajstić information content (AvgIpc) is 3.03. The molecule has 0 radical (unpaired) electrons. The molecule has 6 unspecified atom stereocenters. The van der Waals surface area contributed by atoms with Crippen molar-refractivity contribution in [1.82, 2.24) is 0 Å². The first-order chi connectivity index (χ1) is 14.2. The fraction of sp³-hybridized carbons (Fsp3) is 0.696. The van der Waals surface area contributed by atoms with Gasteiger partial charge in [0.2, 0.25) is 0 Å². The van der Waals surface area contributed by atoms with Gasteiger partial charge in [0.05, 0.1) is 14.2 Å². The molecule has 6 atom stereocenters. The van der Waals surface area contributed by atoms with Crippen LogP contribution < -0.4 is 0 Å². The van der Waals surface area contributed by atoms with Crippen LogP contribution in [0, 0.1) is 22.7 Å². The van der Waals surface area contributed by atoms with Gasteiger partial charge in [0.1, 0.15) is 18.0 Å². The third-order valence-electron chi connectivity index (χ3n) is 7.98. The van der Waals surface area contributed by atoms with E-state index in [1.807, 2.05) is 6.08 Å². The first-order valence-corrected chi connectivity index (χ1v) is 10.7. The molecule has 0 aromatic rings. The van der Waals surface area contributed by atoms with Crippen molar-refractivity contribution >= 4 is 18.1 Å². The molecule has 0 saturated heterocycles. The Morgan fingerprint density at radius 2 is 1.77 bits per heavy atom. The summed E-state index contributed by atoms with van der Waals surface area (Å²) in [6, 6.07) is 0. The SMILES string of the molecule is COC(=O)OC1CCC2(C)C(=CC(OC(=O)OC)C3C2=CCC2(C)C(=O)CCC32)C1. The van der Waals surface area contributed by atoms with Crippen LogP contribution in [0.25, 0.3) is 0 Å². The van der Waals surface area contributed by atoms with E-state index in [4.69, 9.17) is 14.2 Å². The molecular weight excluding hydrogens is 388 g/mol. The van der Waals surface area contributed by atoms with Gasteiger partial charge in [-0.1, -0.05) is 31.1 Å². The van der Waals surface area contributed by atoms with Crippen LogP contribution in [0.2, 0.25) is 0 Å². The Kier molecular flexibility index (Phi) is 5.19. The summed E-state index contributed by atoms with van der Waals surface area (Å²) in [5, 5.41) is 0. The zero-order chi connectivity index (χ0) is 21.7. The quantitative estimate of drug-likeness (QED) is 0.486. The lowest BCUT2D eigenvalue weighted by Crippen LogP contribution is -2.50. The lowest BCUT2D eigenvalue weighted by atomic mass is 9.52. The number of Topliss-reactive ketones (excluding diaryl/α,β-unsaturated/α-hetero) is 1. The molecule has 0 aromatic heterocycles. The predicted molar refractivity (Wildman–Crippen MR) is 107 cm³/mol. The number of methoxy groups -OCH3 is 2. The maximum absolute atomic E-state index is 12.7. The van der Waals surface area contributed by atoms with Gasteiger partial charge in [0.15, 0.2) is 0 Å². The minimum Gasteiger partial charge on any atom is -0.438 e. The van der Waals surface area contributed by atoms with Gasteiger partial charge in [-0.3, -0.25) is 4.79 Å². The van der Waals surface area contributed by atoms with Gasteiger partial charge < -0.3 is 18.9 Å². The number of ether oxygens (including phenoxy) is 4. The van der Waals surface area contributed by atoms with Crippen LogP contribution in [0.5, 0.6) is 0 Å². The Morgan fingerprint density at radius 3 is 2.47 bits per heavy atom. The molecule has 7 nitrogen and oxygen atoms in total. The monoisotopic (exact) mass is 418 g/mol. The third kappa shape index (κ3) is 3.13. The molecule has 4 aliphatic rings. The first-order valence-electron chi connectivity index (χ1n) is 10.7. The van der Waals surface area contributed by atoms with Gasteiger partial charge in [0.25, 0.3) is 0 Å². The van der Waals surface area contributed by atoms with Crippen molar-refractivity contribution in [3.05, 3.63) is 23.3 Å². The standard InChI is InChI=1S/C23H30O7/c1-22-9-7-14(29-20(25)27-3)11-13(22)12-17(30-21(26)28-4)19-15-5-6-18(24)23(15,2)10-8-16(19)22/h8,12,14-15,17,19H,5-7,9-11H2,1-4H3. The maximum atomic E-state index is 12.7. The zero-order valence-electron chi connectivity index (χ0n) is 18.1. The summed E-state index contributed by atoms with van der Waals surface area (Å²) < 4.78 is 20.5. The smallest absolute Gasteiger partial charge is 0.438 e. The molecule has 164 valence electrons. The van der Waals surface area contributed by atoms with E-state index in [-0.39, 0.29) is 23.4 Å². The van der Waals surface area contributed by atoms with Crippen LogP contribution in [-0.4, -0.2) is 44.5 Å². The van der Waals surface area contributed by atoms with Crippen molar-refractivity contribution in [1.29, 1.82) is 0 Å². The molecule has 0 aliphatic heterocycles. The Bertz CT molecular complexity index is 827. The Labute approximate surface area is 176 Å². The third-order valence-corrected chi connectivity index (χ3v) is 7.98. The molecule has 0 N–H and O–H groups in total. The van der Waals surface area contributed by atoms with E-state index in [2.05, 4.69) is 24.7 Å². The number of hydrogen-bond acceptors (Lipinski definition) is 7. The minimum absolute atomic E-state index is 0.0406. The summed E-state index contributed by atoms with van der Waals surface area (Å²) in [4.78, 5) is 36.3. The molecule has 4 rings (SSSR count). The van der Waals surface area contributed by atoms with Crippen molar-refractivity contribution in [2.75, 3.05) is 14.2 Å². The molecule has 7 heteroatoms. The second-order valence-electron chi connectivity index (χ2n) is 9.37. The molecule has 0 amide bonds. The van der Waals surface area contributed by atoms with Gasteiger partial charge >= 0.3 is 12.3 Å². The highest BCUT2D eigenvalue weighted by atomic mass is 16.7. The highest BCUT2D eigenvalue weighted by Crippen LogP contribution is 2.62. The minimum atomic E-state index is -0.727. The molecule has 0 bridgehead atoms. The molecule has 0 heterocycles. The number of carbonyl (C=O) groups is 3. The zero-order valence-corrected chi connectivity index (χ0v) is 18.1. The van der Waals surface area contributed by atoms with Crippen molar-refractivity contribution in [2.24, 2.45) is 22.7 Å². The van der Waals surface area contributed by atoms with Gasteiger partial charge in [-0.05, 0) is 37.7 Å². The second-order valence-corrected chi connectivity index (χ2v) is 9.37. The van der Waals surface area contributed by atoms with E-state index >= 15 is 0 Å². The predicted octanol–water partition coefficient (Wildman–Crippen LogP) is 4.35. The summed E-state index contributed by atoms with van der Waals surface area (Å²) in [7, 11) is 2.59. The summed E-state index contributed by atoms with van der Waals surface area (Å²) in [6.45, 7) is 4.28. The summed E-state index contributed by atoms with van der Waals surface area (Å²) in [6.07, 6.45) is 6.28. The summed E-state index contributed by atoms with van der Waals surface area (Å²) in [5.41, 5.74) is 1.76.